The van der Waals surface area contributed by atoms with Gasteiger partial charge in [-0.15, -0.1) is 0 Å². The molecule has 0 aliphatic carbocycles. The maximum absolute atomic E-state index is 11.7. The molecule has 0 atom stereocenters. The van der Waals surface area contributed by atoms with E-state index < -0.39 is 13.2 Å². The fourth-order valence-corrected chi connectivity index (χ4v) is 12.0. The molecular weight excluding hydrogens is 1470 g/mol. The normalized spacial score (nSPS) is 13.0. The van der Waals surface area contributed by atoms with Crippen LogP contribution in [0.1, 0.15) is 18.1 Å². The highest BCUT2D eigenvalue weighted by atomic mass is 35.5. The topological polar surface area (TPSA) is 373 Å². The third kappa shape index (κ3) is 22.8. The summed E-state index contributed by atoms with van der Waals surface area (Å²) in [6.45, 7) is 22.6. The zero-order valence-corrected chi connectivity index (χ0v) is 64.1. The van der Waals surface area contributed by atoms with E-state index in [-0.39, 0.29) is 52.3 Å². The first kappa shape index (κ1) is 81.9. The molecule has 12 rings (SSSR count). The molecule has 113 heavy (non-hydrogen) atoms. The van der Waals surface area contributed by atoms with Crippen molar-refractivity contribution in [2.45, 2.75) is 20.8 Å². The molecule has 3 fully saturated rings. The second-order valence-electron chi connectivity index (χ2n) is 25.5. The quantitative estimate of drug-likeness (QED) is 0.0225. The predicted molar refractivity (Wildman–Crippen MR) is 438 cm³/mol. The zero-order valence-electron chi connectivity index (χ0n) is 63.3. The average Bonchev–Trinajstić information content (AvgIpc) is 0.785. The number of methoxy groups -OCH3 is 3. The standard InChI is InChI=1S/C27H31N7O4.C27H31N7O3.C26H27ClN6O5/c1-4-24(36)29-19-6-5-7-20(14-19)30-26-18(2)16-28-27(32-26)31-22-9-8-21(15-23(22)38-3)33-10-12-34(13-11-33)25(37)17-35;1-5-25(36)29-20-7-6-8-21(15-20)30-26-18(2)17-28-27(32-26)31-23-10-9-22(16-24(23)37-4)34-13-11-33(12-14-34)19(3)35;1-3-23(35)29-17-5-4-6-19(13-17)38-25-20(27)15-28-26(31-25)30-21-8-7-18(14-22(21)37-2)32-9-11-33(12-10-32)24(36)16-34/h4-9,14-16,35H,1,10-13,17H2,2-3H3,(H,29,36)(H2,28,30,31,32);5-10,15-17H,1,11-14H2,2-4H3,(H,29,36)(H2,28,30,31,32);3-8,13-15,34H,1,9-12,16H2,2H3,(H,29,35)(H,28,30,31). The Balaban J connectivity index is 0.000000180. The van der Waals surface area contributed by atoms with Crippen LogP contribution in [0.5, 0.6) is 28.9 Å². The van der Waals surface area contributed by atoms with Gasteiger partial charge in [-0.1, -0.05) is 49.5 Å². The highest BCUT2D eigenvalue weighted by Gasteiger charge is 2.26. The highest BCUT2D eigenvalue weighted by Crippen LogP contribution is 2.38. The van der Waals surface area contributed by atoms with E-state index in [0.717, 1.165) is 58.3 Å². The van der Waals surface area contributed by atoms with Crippen LogP contribution in [0.2, 0.25) is 5.02 Å². The van der Waals surface area contributed by atoms with Crippen molar-refractivity contribution >= 4 is 139 Å². The first-order chi connectivity index (χ1) is 54.6. The molecule has 6 heterocycles. The van der Waals surface area contributed by atoms with Crippen LogP contribution in [-0.4, -0.2) is 203 Å². The summed E-state index contributed by atoms with van der Waals surface area (Å²) in [5.74, 6) is 3.37. The lowest BCUT2D eigenvalue weighted by Gasteiger charge is -2.36. The van der Waals surface area contributed by atoms with Crippen LogP contribution in [0.25, 0.3) is 0 Å². The van der Waals surface area contributed by atoms with Crippen LogP contribution in [0.15, 0.2) is 184 Å². The molecular formula is C80H89ClN20O12. The molecule has 0 spiro atoms. The van der Waals surface area contributed by atoms with Crippen LogP contribution in [0, 0.1) is 13.8 Å². The molecule has 0 radical (unpaired) electrons. The number of halogens is 1. The van der Waals surface area contributed by atoms with Gasteiger partial charge in [0.25, 0.3) is 0 Å². The first-order valence-corrected chi connectivity index (χ1v) is 36.2. The van der Waals surface area contributed by atoms with Gasteiger partial charge in [-0.25, -0.2) is 15.0 Å². The Bertz CT molecular complexity index is 4710. The van der Waals surface area contributed by atoms with Crippen molar-refractivity contribution in [3.05, 3.63) is 200 Å². The van der Waals surface area contributed by atoms with Gasteiger partial charge in [0.05, 0.1) is 44.6 Å². The second kappa shape index (κ2) is 39.7. The number of aliphatic hydroxyl groups excluding tert-OH is 2. The van der Waals surface area contributed by atoms with E-state index in [9.17, 15) is 28.8 Å². The predicted octanol–water partition coefficient (Wildman–Crippen LogP) is 10.6. The SMILES string of the molecule is C=CC(=O)Nc1cccc(Nc2nc(Nc3ccc(N4CCN(C(=O)CO)CC4)cc3OC)ncc2C)c1.C=CC(=O)Nc1cccc(Nc2nc(Nc3ccc(N4CCN(C(C)=O)CC4)cc3OC)ncc2C)c1.C=CC(=O)Nc1cccc(Oc2nc(Nc3ccc(N4CCN(C(=O)CO)CC4)cc3OC)ncc2Cl)c1. The third-order valence-corrected chi connectivity index (χ3v) is 18.2. The Hall–Kier alpha value is -13.6. The van der Waals surface area contributed by atoms with Crippen molar-refractivity contribution in [1.82, 2.24) is 44.6 Å². The van der Waals surface area contributed by atoms with Crippen LogP contribution < -0.4 is 76.2 Å². The first-order valence-electron chi connectivity index (χ1n) is 35.8. The van der Waals surface area contributed by atoms with Crippen molar-refractivity contribution in [2.24, 2.45) is 0 Å². The summed E-state index contributed by atoms with van der Waals surface area (Å²) >= 11 is 6.27. The number of ether oxygens (including phenoxy) is 4. The van der Waals surface area contributed by atoms with Crippen LogP contribution >= 0.6 is 11.6 Å². The monoisotopic (exact) mass is 1560 g/mol. The summed E-state index contributed by atoms with van der Waals surface area (Å²) in [5, 5.41) is 42.7. The number of hydrogen-bond donors (Lipinski definition) is 10. The molecule has 0 bridgehead atoms. The number of anilines is 16. The molecule has 0 saturated carbocycles. The molecule has 6 aromatic carbocycles. The zero-order chi connectivity index (χ0) is 80.5. The Morgan fingerprint density at radius 1 is 0.442 bits per heavy atom. The average molecular weight is 1560 g/mol. The molecule has 33 heteroatoms. The maximum atomic E-state index is 11.7. The number of benzene rings is 6. The number of nitrogens with one attached hydrogen (secondary N) is 8. The van der Waals surface area contributed by atoms with E-state index in [4.69, 9.17) is 40.8 Å². The number of rotatable bonds is 26. The van der Waals surface area contributed by atoms with Crippen molar-refractivity contribution in [3.8, 4) is 28.9 Å². The summed E-state index contributed by atoms with van der Waals surface area (Å²) in [6.07, 6.45) is 8.49. The van der Waals surface area contributed by atoms with Crippen LogP contribution in [-0.2, 0) is 28.8 Å². The van der Waals surface area contributed by atoms with Gasteiger partial charge >= 0.3 is 0 Å². The molecule has 10 N–H and O–H groups in total. The maximum Gasteiger partial charge on any atom is 0.248 e. The molecule has 9 aromatic rings. The van der Waals surface area contributed by atoms with E-state index in [1.165, 1.54) is 24.4 Å². The fraction of sp³-hybridized carbons (Fsp3) is 0.250. The minimum absolute atomic E-state index is 0.107. The van der Waals surface area contributed by atoms with Gasteiger partial charge in [0, 0.05) is 179 Å². The van der Waals surface area contributed by atoms with E-state index in [0.29, 0.717) is 140 Å². The molecule has 6 amide bonds. The lowest BCUT2D eigenvalue weighted by atomic mass is 10.2. The van der Waals surface area contributed by atoms with E-state index in [2.05, 4.69) is 107 Å². The Morgan fingerprint density at radius 2 is 0.788 bits per heavy atom. The Labute approximate surface area is 658 Å². The molecule has 3 aliphatic heterocycles. The summed E-state index contributed by atoms with van der Waals surface area (Å²) < 4.78 is 22.7. The number of carbonyl (C=O) groups excluding carboxylic acids is 6. The van der Waals surface area contributed by atoms with Crippen molar-refractivity contribution in [3.63, 3.8) is 0 Å². The molecule has 32 nitrogen and oxygen atoms in total. The summed E-state index contributed by atoms with van der Waals surface area (Å²) in [5.41, 5.74) is 10.0. The minimum atomic E-state index is -0.478. The molecule has 3 aliphatic rings. The summed E-state index contributed by atoms with van der Waals surface area (Å²) in [4.78, 5) is 108. The van der Waals surface area contributed by atoms with Gasteiger partial charge in [-0.3, -0.25) is 28.8 Å². The number of amides is 6. The molecule has 3 saturated heterocycles. The Morgan fingerprint density at radius 3 is 1.15 bits per heavy atom. The smallest absolute Gasteiger partial charge is 0.248 e. The van der Waals surface area contributed by atoms with Crippen molar-refractivity contribution in [2.75, 3.05) is 170 Å². The molecule has 0 unspecified atom stereocenters. The number of nitrogens with zero attached hydrogens (tertiary/aromatic N) is 12. The number of piperazine rings is 3. The van der Waals surface area contributed by atoms with Gasteiger partial charge in [-0.2, -0.15) is 15.0 Å². The lowest BCUT2D eigenvalue weighted by Crippen LogP contribution is -2.49. The van der Waals surface area contributed by atoms with Crippen molar-refractivity contribution < 1.29 is 57.9 Å². The molecule has 588 valence electrons. The number of hydrogen-bond acceptors (Lipinski definition) is 26. The number of aliphatic hydroxyl groups is 2. The Kier molecular flexibility index (Phi) is 28.8. The van der Waals surface area contributed by atoms with Gasteiger partial charge in [0.2, 0.25) is 59.2 Å². The highest BCUT2D eigenvalue weighted by molar-refractivity contribution is 6.31. The lowest BCUT2D eigenvalue weighted by molar-refractivity contribution is -0.135. The second-order valence-corrected chi connectivity index (χ2v) is 25.9. The third-order valence-electron chi connectivity index (χ3n) is 18.0. The van der Waals surface area contributed by atoms with Crippen LogP contribution in [0.3, 0.4) is 0 Å². The van der Waals surface area contributed by atoms with Gasteiger partial charge in [0.1, 0.15) is 52.9 Å². The van der Waals surface area contributed by atoms with Gasteiger partial charge < -0.3 is 101 Å². The molecule has 3 aromatic heterocycles. The van der Waals surface area contributed by atoms with E-state index in [1.54, 1.807) is 92.9 Å². The minimum Gasteiger partial charge on any atom is -0.494 e. The fourth-order valence-electron chi connectivity index (χ4n) is 11.9. The number of aryl methyl sites for hydroxylation is 2. The van der Waals surface area contributed by atoms with E-state index >= 15 is 0 Å². The summed E-state index contributed by atoms with van der Waals surface area (Å²) in [7, 11) is 4.79. The largest absolute Gasteiger partial charge is 0.494 e. The van der Waals surface area contributed by atoms with Gasteiger partial charge in [0.15, 0.2) is 0 Å². The summed E-state index contributed by atoms with van der Waals surface area (Å²) in [6, 6.07) is 38.8. The number of aromatic nitrogens is 6. The van der Waals surface area contributed by atoms with Gasteiger partial charge in [-0.05, 0) is 117 Å². The van der Waals surface area contributed by atoms with E-state index in [1.807, 2.05) is 104 Å². The number of carbonyl (C=O) groups is 6. The van der Waals surface area contributed by atoms with Crippen LogP contribution in [0.4, 0.5) is 92.0 Å². The van der Waals surface area contributed by atoms with Crippen molar-refractivity contribution in [1.29, 1.82) is 0 Å².